The number of ether oxygens (including phenoxy) is 1. The van der Waals surface area contributed by atoms with Crippen LogP contribution in [0.3, 0.4) is 0 Å². The van der Waals surface area contributed by atoms with Gasteiger partial charge >= 0.3 is 0 Å². The highest BCUT2D eigenvalue weighted by atomic mass is 35.5. The second-order valence-electron chi connectivity index (χ2n) is 6.55. The van der Waals surface area contributed by atoms with Gasteiger partial charge in [0, 0.05) is 30.5 Å². The average Bonchev–Trinajstić information content (AvgIpc) is 2.97. The summed E-state index contributed by atoms with van der Waals surface area (Å²) in [6.07, 6.45) is 12.0. The van der Waals surface area contributed by atoms with E-state index in [1.807, 2.05) is 0 Å². The third kappa shape index (κ3) is 3.20. The smallest absolute Gasteiger partial charge is 0.0631 e. The Labute approximate surface area is 126 Å². The number of halogens is 1. The second kappa shape index (κ2) is 6.48. The lowest BCUT2D eigenvalue weighted by Gasteiger charge is -2.34. The first kappa shape index (κ1) is 14.4. The van der Waals surface area contributed by atoms with Crippen molar-refractivity contribution in [2.75, 3.05) is 19.1 Å². The Hall–Kier alpha value is -0.540. The molecular weight excluding hydrogens is 272 g/mol. The molecule has 112 valence electrons. The normalized spacial score (nSPS) is 28.6. The van der Waals surface area contributed by atoms with Gasteiger partial charge in [0.2, 0.25) is 0 Å². The molecule has 2 heterocycles. The average molecular weight is 297 g/mol. The lowest BCUT2D eigenvalue weighted by atomic mass is 9.80. The van der Waals surface area contributed by atoms with Crippen LogP contribution in [0, 0.1) is 5.41 Å². The summed E-state index contributed by atoms with van der Waals surface area (Å²) >= 11 is 6.23. The highest BCUT2D eigenvalue weighted by Gasteiger charge is 2.33. The van der Waals surface area contributed by atoms with E-state index in [2.05, 4.69) is 16.9 Å². The molecule has 0 bridgehead atoms. The molecule has 2 aliphatic rings. The summed E-state index contributed by atoms with van der Waals surface area (Å²) in [5.41, 5.74) is 1.28. The number of aromatic nitrogens is 2. The van der Waals surface area contributed by atoms with Gasteiger partial charge in [0.1, 0.15) is 0 Å². The minimum absolute atomic E-state index is 0.103. The summed E-state index contributed by atoms with van der Waals surface area (Å²) < 4.78 is 7.85. The molecule has 2 fully saturated rings. The molecule has 0 spiro atoms. The maximum atomic E-state index is 6.23. The van der Waals surface area contributed by atoms with Crippen LogP contribution in [0.15, 0.2) is 12.3 Å². The lowest BCUT2D eigenvalue weighted by Crippen LogP contribution is -2.35. The van der Waals surface area contributed by atoms with Crippen molar-refractivity contribution in [2.24, 2.45) is 5.41 Å². The zero-order valence-electron chi connectivity index (χ0n) is 12.2. The van der Waals surface area contributed by atoms with E-state index in [1.165, 1.54) is 37.8 Å². The van der Waals surface area contributed by atoms with E-state index in [-0.39, 0.29) is 5.41 Å². The van der Waals surface area contributed by atoms with Gasteiger partial charge in [-0.15, -0.1) is 11.6 Å². The zero-order chi connectivity index (χ0) is 13.8. The Morgan fingerprint density at radius 2 is 2.15 bits per heavy atom. The van der Waals surface area contributed by atoms with E-state index in [0.717, 1.165) is 32.5 Å². The molecule has 1 aromatic rings. The van der Waals surface area contributed by atoms with Gasteiger partial charge in [0.15, 0.2) is 0 Å². The van der Waals surface area contributed by atoms with Crippen LogP contribution < -0.4 is 0 Å². The van der Waals surface area contributed by atoms with Crippen LogP contribution in [-0.2, 0) is 11.2 Å². The SMILES string of the molecule is ClCC1(Cc2ccn(C3CCCCC3)n2)CCCOC1. The van der Waals surface area contributed by atoms with Crippen molar-refractivity contribution in [3.8, 4) is 0 Å². The quantitative estimate of drug-likeness (QED) is 0.786. The molecule has 1 aromatic heterocycles. The molecule has 1 aliphatic heterocycles. The largest absolute Gasteiger partial charge is 0.381 e. The maximum absolute atomic E-state index is 6.23. The van der Waals surface area contributed by atoms with Crippen LogP contribution in [0.2, 0.25) is 0 Å². The predicted octanol–water partition coefficient (Wildman–Crippen LogP) is 3.97. The molecule has 4 heteroatoms. The topological polar surface area (TPSA) is 27.1 Å². The monoisotopic (exact) mass is 296 g/mol. The van der Waals surface area contributed by atoms with Gasteiger partial charge < -0.3 is 4.74 Å². The molecular formula is C16H25ClN2O. The van der Waals surface area contributed by atoms with Crippen molar-refractivity contribution in [3.05, 3.63) is 18.0 Å². The first-order valence-electron chi connectivity index (χ1n) is 7.99. The molecule has 0 aromatic carbocycles. The fourth-order valence-corrected chi connectivity index (χ4v) is 3.91. The van der Waals surface area contributed by atoms with Crippen LogP contribution >= 0.6 is 11.6 Å². The summed E-state index contributed by atoms with van der Waals surface area (Å²) in [6, 6.07) is 2.80. The summed E-state index contributed by atoms with van der Waals surface area (Å²) in [6.45, 7) is 1.67. The number of nitrogens with zero attached hydrogens (tertiary/aromatic N) is 2. The van der Waals surface area contributed by atoms with E-state index in [9.17, 15) is 0 Å². The van der Waals surface area contributed by atoms with Gasteiger partial charge in [-0.3, -0.25) is 4.68 Å². The van der Waals surface area contributed by atoms with Gasteiger partial charge in [0.05, 0.1) is 18.3 Å². The molecule has 1 saturated heterocycles. The molecule has 1 atom stereocenters. The highest BCUT2D eigenvalue weighted by molar-refractivity contribution is 6.18. The van der Waals surface area contributed by atoms with Crippen LogP contribution in [0.4, 0.5) is 0 Å². The molecule has 1 unspecified atom stereocenters. The minimum Gasteiger partial charge on any atom is -0.381 e. The van der Waals surface area contributed by atoms with Crippen molar-refractivity contribution >= 4 is 11.6 Å². The fourth-order valence-electron chi connectivity index (χ4n) is 3.61. The Kier molecular flexibility index (Phi) is 4.67. The van der Waals surface area contributed by atoms with Crippen LogP contribution in [0.1, 0.15) is 56.7 Å². The van der Waals surface area contributed by atoms with E-state index >= 15 is 0 Å². The zero-order valence-corrected chi connectivity index (χ0v) is 12.9. The Bertz CT molecular complexity index is 420. The molecule has 0 amide bonds. The van der Waals surface area contributed by atoms with Crippen molar-refractivity contribution in [1.82, 2.24) is 9.78 Å². The summed E-state index contributed by atoms with van der Waals surface area (Å²) in [5.74, 6) is 0.670. The van der Waals surface area contributed by atoms with E-state index in [4.69, 9.17) is 21.4 Å². The van der Waals surface area contributed by atoms with Gasteiger partial charge in [-0.2, -0.15) is 5.10 Å². The van der Waals surface area contributed by atoms with Gasteiger partial charge in [-0.05, 0) is 31.7 Å². The first-order valence-corrected chi connectivity index (χ1v) is 8.53. The number of rotatable bonds is 4. The highest BCUT2D eigenvalue weighted by Crippen LogP contribution is 2.34. The standard InChI is InChI=1S/C16H25ClN2O/c17-12-16(8-4-10-20-13-16)11-14-7-9-19(18-14)15-5-2-1-3-6-15/h7,9,15H,1-6,8,10-13H2. The van der Waals surface area contributed by atoms with Gasteiger partial charge in [-0.1, -0.05) is 19.3 Å². The molecule has 0 radical (unpaired) electrons. The van der Waals surface area contributed by atoms with E-state index in [0.29, 0.717) is 11.9 Å². The third-order valence-corrected chi connectivity index (χ3v) is 5.42. The Morgan fingerprint density at radius 3 is 2.85 bits per heavy atom. The molecule has 3 rings (SSSR count). The Balaban J connectivity index is 1.66. The van der Waals surface area contributed by atoms with Crippen molar-refractivity contribution in [2.45, 2.75) is 57.4 Å². The van der Waals surface area contributed by atoms with Crippen LogP contribution in [0.25, 0.3) is 0 Å². The molecule has 1 saturated carbocycles. The summed E-state index contributed by atoms with van der Waals surface area (Å²) in [7, 11) is 0. The molecule has 3 nitrogen and oxygen atoms in total. The maximum Gasteiger partial charge on any atom is 0.0631 e. The molecule has 0 N–H and O–H groups in total. The summed E-state index contributed by atoms with van der Waals surface area (Å²) in [4.78, 5) is 0. The van der Waals surface area contributed by atoms with Crippen LogP contribution in [0.5, 0.6) is 0 Å². The fraction of sp³-hybridized carbons (Fsp3) is 0.812. The van der Waals surface area contributed by atoms with E-state index in [1.54, 1.807) is 0 Å². The van der Waals surface area contributed by atoms with E-state index < -0.39 is 0 Å². The van der Waals surface area contributed by atoms with Crippen LogP contribution in [-0.4, -0.2) is 28.9 Å². The minimum atomic E-state index is 0.103. The lowest BCUT2D eigenvalue weighted by molar-refractivity contribution is 0.00420. The molecule has 20 heavy (non-hydrogen) atoms. The predicted molar refractivity (Wildman–Crippen MR) is 81.3 cm³/mol. The molecule has 1 aliphatic carbocycles. The number of hydrogen-bond acceptors (Lipinski definition) is 2. The summed E-state index contributed by atoms with van der Waals surface area (Å²) in [5, 5.41) is 4.82. The first-order chi connectivity index (χ1) is 9.81. The Morgan fingerprint density at radius 1 is 1.30 bits per heavy atom. The van der Waals surface area contributed by atoms with Crippen molar-refractivity contribution in [3.63, 3.8) is 0 Å². The number of hydrogen-bond donors (Lipinski definition) is 0. The third-order valence-electron chi connectivity index (χ3n) is 4.86. The number of alkyl halides is 1. The van der Waals surface area contributed by atoms with Gasteiger partial charge in [-0.25, -0.2) is 0 Å². The van der Waals surface area contributed by atoms with Crippen molar-refractivity contribution in [1.29, 1.82) is 0 Å². The van der Waals surface area contributed by atoms with Gasteiger partial charge in [0.25, 0.3) is 0 Å². The second-order valence-corrected chi connectivity index (χ2v) is 6.81. The van der Waals surface area contributed by atoms with Crippen molar-refractivity contribution < 1.29 is 4.74 Å².